The number of nitro groups is 1. The first kappa shape index (κ1) is 16.9. The van der Waals surface area contributed by atoms with Gasteiger partial charge in [0.15, 0.2) is 5.78 Å². The summed E-state index contributed by atoms with van der Waals surface area (Å²) in [5, 5.41) is 11.2. The number of nitrogens with zero attached hydrogens (tertiary/aromatic N) is 1. The average Bonchev–Trinajstić information content (AvgIpc) is 2.94. The second-order valence-electron chi connectivity index (χ2n) is 5.58. The lowest BCUT2D eigenvalue weighted by Gasteiger charge is -2.31. The van der Waals surface area contributed by atoms with E-state index in [0.29, 0.717) is 17.7 Å². The third kappa shape index (κ3) is 3.04. The molecule has 0 spiro atoms. The van der Waals surface area contributed by atoms with Crippen molar-refractivity contribution in [3.05, 3.63) is 39.9 Å². The number of benzene rings is 1. The van der Waals surface area contributed by atoms with Gasteiger partial charge in [0.2, 0.25) is 6.54 Å². The van der Waals surface area contributed by atoms with E-state index in [1.165, 1.54) is 14.2 Å². The topological polar surface area (TPSA) is 95.7 Å². The highest BCUT2D eigenvalue weighted by Crippen LogP contribution is 2.48. The molecule has 0 unspecified atom stereocenters. The molecular weight excluding hydrogens is 302 g/mol. The molecule has 7 heteroatoms. The molecule has 2 rings (SSSR count). The van der Waals surface area contributed by atoms with Crippen LogP contribution in [-0.4, -0.2) is 37.4 Å². The molecule has 7 nitrogen and oxygen atoms in total. The van der Waals surface area contributed by atoms with Crippen LogP contribution < -0.4 is 4.74 Å². The van der Waals surface area contributed by atoms with E-state index in [9.17, 15) is 19.7 Å². The Labute approximate surface area is 133 Å². The second-order valence-corrected chi connectivity index (χ2v) is 5.58. The molecule has 1 aliphatic carbocycles. The lowest BCUT2D eigenvalue weighted by atomic mass is 9.70. The van der Waals surface area contributed by atoms with E-state index < -0.39 is 28.8 Å². The zero-order valence-electron chi connectivity index (χ0n) is 13.1. The van der Waals surface area contributed by atoms with Crippen LogP contribution in [0.3, 0.4) is 0 Å². The van der Waals surface area contributed by atoms with Crippen LogP contribution in [0.1, 0.15) is 30.7 Å². The quantitative estimate of drug-likeness (QED) is 0.344. The van der Waals surface area contributed by atoms with E-state index in [1.807, 2.05) is 0 Å². The Morgan fingerprint density at radius 2 is 2.17 bits per heavy atom. The molecule has 1 aliphatic rings. The van der Waals surface area contributed by atoms with Gasteiger partial charge in [0.1, 0.15) is 11.2 Å². The van der Waals surface area contributed by atoms with Crippen LogP contribution in [0, 0.1) is 15.5 Å². The molecule has 0 aromatic heterocycles. The molecule has 0 saturated heterocycles. The zero-order chi connectivity index (χ0) is 17.0. The van der Waals surface area contributed by atoms with Gasteiger partial charge in [-0.05, 0) is 30.5 Å². The molecule has 0 heterocycles. The summed E-state index contributed by atoms with van der Waals surface area (Å²) in [5.74, 6) is -1.36. The standard InChI is InChI=1S/C16H19NO6/c1-22-12-6-3-5-11(9-12)13(10-17(20)21)16(15(19)23-2)8-4-7-14(16)18/h3,5-6,9,13H,4,7-8,10H2,1-2H3/t13-,16-/m0/s1. The predicted molar refractivity (Wildman–Crippen MR) is 80.9 cm³/mol. The third-order valence-electron chi connectivity index (χ3n) is 4.44. The number of carbonyl (C=O) groups excluding carboxylic acids is 2. The summed E-state index contributed by atoms with van der Waals surface area (Å²) >= 11 is 0. The number of Topliss-reactive ketones (excluding diaryl/α,β-unsaturated/α-hetero) is 1. The van der Waals surface area contributed by atoms with Crippen LogP contribution in [-0.2, 0) is 14.3 Å². The fourth-order valence-electron chi connectivity index (χ4n) is 3.35. The minimum absolute atomic E-state index is 0.229. The molecule has 1 fully saturated rings. The molecule has 0 N–H and O–H groups in total. The Morgan fingerprint density at radius 1 is 1.43 bits per heavy atom. The van der Waals surface area contributed by atoms with Crippen LogP contribution in [0.25, 0.3) is 0 Å². The van der Waals surface area contributed by atoms with Crippen molar-refractivity contribution in [3.8, 4) is 5.75 Å². The number of rotatable bonds is 6. The molecule has 1 saturated carbocycles. The van der Waals surface area contributed by atoms with Crippen molar-refractivity contribution in [1.82, 2.24) is 0 Å². The first-order chi connectivity index (χ1) is 11.0. The predicted octanol–water partition coefficient (Wildman–Crippen LogP) is 1.97. The minimum Gasteiger partial charge on any atom is -0.497 e. The molecule has 1 aromatic carbocycles. The van der Waals surface area contributed by atoms with Crippen LogP contribution in [0.15, 0.2) is 24.3 Å². The van der Waals surface area contributed by atoms with Crippen LogP contribution in [0.5, 0.6) is 5.75 Å². The molecule has 0 amide bonds. The van der Waals surface area contributed by atoms with Crippen molar-refractivity contribution in [3.63, 3.8) is 0 Å². The SMILES string of the molecule is COC(=O)[C@]1([C@@H](C[N+](=O)[O-])c2cccc(OC)c2)CCCC1=O. The van der Waals surface area contributed by atoms with Crippen molar-refractivity contribution in [1.29, 1.82) is 0 Å². The summed E-state index contributed by atoms with van der Waals surface area (Å²) in [6.45, 7) is -0.520. The van der Waals surface area contributed by atoms with Crippen LogP contribution in [0.4, 0.5) is 0 Å². The number of carbonyl (C=O) groups is 2. The fourth-order valence-corrected chi connectivity index (χ4v) is 3.35. The summed E-state index contributed by atoms with van der Waals surface area (Å²) in [6.07, 6.45) is 1.01. The van der Waals surface area contributed by atoms with E-state index in [-0.39, 0.29) is 18.6 Å². The normalized spacial score (nSPS) is 21.7. The number of ketones is 1. The Bertz CT molecular complexity index is 629. The first-order valence-corrected chi connectivity index (χ1v) is 7.33. The summed E-state index contributed by atoms with van der Waals surface area (Å²) in [5.41, 5.74) is -0.963. The van der Waals surface area contributed by atoms with Gasteiger partial charge in [-0.3, -0.25) is 19.7 Å². The van der Waals surface area contributed by atoms with Gasteiger partial charge in [0.25, 0.3) is 0 Å². The van der Waals surface area contributed by atoms with Gasteiger partial charge >= 0.3 is 5.97 Å². The number of ether oxygens (including phenoxy) is 2. The zero-order valence-corrected chi connectivity index (χ0v) is 13.1. The Morgan fingerprint density at radius 3 is 2.70 bits per heavy atom. The van der Waals surface area contributed by atoms with Gasteiger partial charge < -0.3 is 9.47 Å². The van der Waals surface area contributed by atoms with Crippen LogP contribution >= 0.6 is 0 Å². The molecule has 124 valence electrons. The summed E-state index contributed by atoms with van der Waals surface area (Å²) in [7, 11) is 2.68. The van der Waals surface area contributed by atoms with Gasteiger partial charge in [0.05, 0.1) is 20.1 Å². The number of hydrogen-bond acceptors (Lipinski definition) is 6. The van der Waals surface area contributed by atoms with Crippen LogP contribution in [0.2, 0.25) is 0 Å². The fraction of sp³-hybridized carbons (Fsp3) is 0.500. The van der Waals surface area contributed by atoms with E-state index >= 15 is 0 Å². The maximum absolute atomic E-state index is 12.5. The van der Waals surface area contributed by atoms with Crippen molar-refractivity contribution in [2.75, 3.05) is 20.8 Å². The van der Waals surface area contributed by atoms with Crippen molar-refractivity contribution in [2.24, 2.45) is 5.41 Å². The maximum Gasteiger partial charge on any atom is 0.320 e. The summed E-state index contributed by atoms with van der Waals surface area (Å²) in [6, 6.07) is 6.69. The molecule has 2 atom stereocenters. The van der Waals surface area contributed by atoms with Gasteiger partial charge in [-0.2, -0.15) is 0 Å². The van der Waals surface area contributed by atoms with E-state index in [2.05, 4.69) is 0 Å². The first-order valence-electron chi connectivity index (χ1n) is 7.33. The highest BCUT2D eigenvalue weighted by molar-refractivity contribution is 6.06. The summed E-state index contributed by atoms with van der Waals surface area (Å²) < 4.78 is 9.98. The highest BCUT2D eigenvalue weighted by atomic mass is 16.6. The van der Waals surface area contributed by atoms with Crippen molar-refractivity contribution in [2.45, 2.75) is 25.2 Å². The van der Waals surface area contributed by atoms with E-state index in [1.54, 1.807) is 24.3 Å². The van der Waals surface area contributed by atoms with Gasteiger partial charge in [-0.1, -0.05) is 12.1 Å². The molecule has 0 radical (unpaired) electrons. The molecule has 23 heavy (non-hydrogen) atoms. The number of methoxy groups -OCH3 is 2. The van der Waals surface area contributed by atoms with Crippen molar-refractivity contribution < 1.29 is 24.0 Å². The lowest BCUT2D eigenvalue weighted by molar-refractivity contribution is -0.485. The van der Waals surface area contributed by atoms with Crippen molar-refractivity contribution >= 4 is 11.8 Å². The Kier molecular flexibility index (Phi) is 4.98. The Hall–Kier alpha value is -2.44. The largest absolute Gasteiger partial charge is 0.497 e. The van der Waals surface area contributed by atoms with Gasteiger partial charge in [-0.25, -0.2) is 0 Å². The molecule has 1 aromatic rings. The summed E-state index contributed by atoms with van der Waals surface area (Å²) in [4.78, 5) is 35.6. The molecule has 0 bridgehead atoms. The molecular formula is C16H19NO6. The van der Waals surface area contributed by atoms with E-state index in [4.69, 9.17) is 9.47 Å². The smallest absolute Gasteiger partial charge is 0.320 e. The minimum atomic E-state index is -1.49. The third-order valence-corrected chi connectivity index (χ3v) is 4.44. The molecule has 0 aliphatic heterocycles. The Balaban J connectivity index is 2.57. The highest BCUT2D eigenvalue weighted by Gasteiger charge is 2.57. The average molecular weight is 321 g/mol. The maximum atomic E-state index is 12.5. The number of hydrogen-bond donors (Lipinski definition) is 0. The second kappa shape index (κ2) is 6.76. The number of esters is 1. The monoisotopic (exact) mass is 321 g/mol. The van der Waals surface area contributed by atoms with Gasteiger partial charge in [0, 0.05) is 11.3 Å². The van der Waals surface area contributed by atoms with Gasteiger partial charge in [-0.15, -0.1) is 0 Å². The van der Waals surface area contributed by atoms with E-state index in [0.717, 1.165) is 0 Å². The lowest BCUT2D eigenvalue weighted by Crippen LogP contribution is -2.44.